The molecule has 2 atom stereocenters. The Kier molecular flexibility index (Phi) is 6.67. The highest BCUT2D eigenvalue weighted by molar-refractivity contribution is 5.04. The van der Waals surface area contributed by atoms with Crippen LogP contribution in [0.15, 0.2) is 12.4 Å². The van der Waals surface area contributed by atoms with Crippen molar-refractivity contribution in [3.8, 4) is 0 Å². The van der Waals surface area contributed by atoms with Crippen LogP contribution in [-0.2, 0) is 11.3 Å². The summed E-state index contributed by atoms with van der Waals surface area (Å²) in [5.41, 5.74) is 0. The van der Waals surface area contributed by atoms with Gasteiger partial charge >= 0.3 is 0 Å². The van der Waals surface area contributed by atoms with E-state index < -0.39 is 0 Å². The van der Waals surface area contributed by atoms with Crippen LogP contribution < -0.4 is 5.32 Å². The van der Waals surface area contributed by atoms with E-state index in [2.05, 4.69) is 46.7 Å². The third-order valence-electron chi connectivity index (χ3n) is 4.10. The molecule has 0 amide bonds. The van der Waals surface area contributed by atoms with Gasteiger partial charge in [0.2, 0.25) is 0 Å². The molecule has 120 valence electrons. The Morgan fingerprint density at radius 1 is 1.38 bits per heavy atom. The van der Waals surface area contributed by atoms with Gasteiger partial charge < -0.3 is 14.6 Å². The van der Waals surface area contributed by atoms with Crippen molar-refractivity contribution in [3.63, 3.8) is 0 Å². The van der Waals surface area contributed by atoms with Gasteiger partial charge in [0.15, 0.2) is 0 Å². The Balaban J connectivity index is 2.14. The lowest BCUT2D eigenvalue weighted by atomic mass is 10.1. The van der Waals surface area contributed by atoms with Crippen LogP contribution in [0.25, 0.3) is 0 Å². The standard InChI is InChI=1S/C16H30N4O/c1-4-7-17-15(14-13-19(6-3)11-12-21-14)16-18-8-10-20(16)9-5-2/h8,10,14-15,17H,4-7,9,11-13H2,1-3H3. The molecule has 0 bridgehead atoms. The van der Waals surface area contributed by atoms with Crippen molar-refractivity contribution in [2.75, 3.05) is 32.8 Å². The van der Waals surface area contributed by atoms with E-state index in [4.69, 9.17) is 4.74 Å². The van der Waals surface area contributed by atoms with Crippen molar-refractivity contribution < 1.29 is 4.74 Å². The average molecular weight is 294 g/mol. The molecular formula is C16H30N4O. The van der Waals surface area contributed by atoms with Gasteiger partial charge in [0, 0.05) is 32.0 Å². The molecule has 5 heteroatoms. The van der Waals surface area contributed by atoms with Gasteiger partial charge in [0.25, 0.3) is 0 Å². The third-order valence-corrected chi connectivity index (χ3v) is 4.10. The first-order valence-electron chi connectivity index (χ1n) is 8.38. The molecule has 1 fully saturated rings. The van der Waals surface area contributed by atoms with Gasteiger partial charge in [-0.25, -0.2) is 4.98 Å². The van der Waals surface area contributed by atoms with Crippen LogP contribution in [0.3, 0.4) is 0 Å². The van der Waals surface area contributed by atoms with Crippen molar-refractivity contribution in [3.05, 3.63) is 18.2 Å². The van der Waals surface area contributed by atoms with E-state index in [1.54, 1.807) is 0 Å². The molecule has 1 aliphatic heterocycles. The maximum absolute atomic E-state index is 6.07. The monoisotopic (exact) mass is 294 g/mol. The minimum absolute atomic E-state index is 0.181. The third kappa shape index (κ3) is 4.28. The Morgan fingerprint density at radius 2 is 2.24 bits per heavy atom. The number of hydrogen-bond donors (Lipinski definition) is 1. The minimum atomic E-state index is 0.181. The van der Waals surface area contributed by atoms with Gasteiger partial charge in [-0.2, -0.15) is 0 Å². The highest BCUT2D eigenvalue weighted by Crippen LogP contribution is 2.22. The molecular weight excluding hydrogens is 264 g/mol. The zero-order chi connectivity index (χ0) is 15.1. The molecule has 1 aromatic heterocycles. The number of imidazole rings is 1. The first-order chi connectivity index (χ1) is 10.3. The number of aromatic nitrogens is 2. The maximum atomic E-state index is 6.07. The molecule has 2 rings (SSSR count). The van der Waals surface area contributed by atoms with E-state index in [9.17, 15) is 0 Å². The predicted octanol–water partition coefficient (Wildman–Crippen LogP) is 2.05. The molecule has 1 aromatic rings. The Hall–Kier alpha value is -0.910. The zero-order valence-electron chi connectivity index (χ0n) is 13.7. The molecule has 0 aliphatic carbocycles. The van der Waals surface area contributed by atoms with Crippen LogP contribution in [-0.4, -0.2) is 53.3 Å². The summed E-state index contributed by atoms with van der Waals surface area (Å²) in [6.07, 6.45) is 6.42. The fraction of sp³-hybridized carbons (Fsp3) is 0.812. The zero-order valence-corrected chi connectivity index (χ0v) is 13.7. The topological polar surface area (TPSA) is 42.3 Å². The number of aryl methyl sites for hydroxylation is 1. The number of hydrogen-bond acceptors (Lipinski definition) is 4. The predicted molar refractivity (Wildman–Crippen MR) is 85.4 cm³/mol. The molecule has 0 radical (unpaired) electrons. The molecule has 0 spiro atoms. The summed E-state index contributed by atoms with van der Waals surface area (Å²) in [5.74, 6) is 1.12. The van der Waals surface area contributed by atoms with Crippen molar-refractivity contribution in [1.82, 2.24) is 19.8 Å². The van der Waals surface area contributed by atoms with E-state index in [1.807, 2.05) is 6.20 Å². The SMILES string of the molecule is CCCNC(c1nccn1CCC)C1CN(CC)CCO1. The fourth-order valence-electron chi connectivity index (χ4n) is 2.94. The van der Waals surface area contributed by atoms with Gasteiger partial charge in [-0.05, 0) is 25.9 Å². The lowest BCUT2D eigenvalue weighted by Crippen LogP contribution is -2.48. The summed E-state index contributed by atoms with van der Waals surface area (Å²) in [5, 5.41) is 3.65. The van der Waals surface area contributed by atoms with E-state index >= 15 is 0 Å². The van der Waals surface area contributed by atoms with E-state index in [0.717, 1.165) is 58.0 Å². The number of ether oxygens (including phenoxy) is 1. The first kappa shape index (κ1) is 16.5. The summed E-state index contributed by atoms with van der Waals surface area (Å²) in [7, 11) is 0. The molecule has 2 heterocycles. The number of nitrogens with one attached hydrogen (secondary N) is 1. The Labute approximate surface area is 128 Å². The second kappa shape index (κ2) is 8.51. The second-order valence-electron chi connectivity index (χ2n) is 5.71. The number of nitrogens with zero attached hydrogens (tertiary/aromatic N) is 3. The summed E-state index contributed by atoms with van der Waals surface area (Å²) >= 11 is 0. The highest BCUT2D eigenvalue weighted by atomic mass is 16.5. The fourth-order valence-corrected chi connectivity index (χ4v) is 2.94. The molecule has 0 saturated carbocycles. The van der Waals surface area contributed by atoms with Crippen molar-refractivity contribution in [2.45, 2.75) is 52.3 Å². The summed E-state index contributed by atoms with van der Waals surface area (Å²) in [6, 6.07) is 0.181. The largest absolute Gasteiger partial charge is 0.373 e. The number of rotatable bonds is 8. The molecule has 21 heavy (non-hydrogen) atoms. The quantitative estimate of drug-likeness (QED) is 0.797. The normalized spacial score (nSPS) is 21.6. The average Bonchev–Trinajstić information content (AvgIpc) is 2.97. The van der Waals surface area contributed by atoms with E-state index in [0.29, 0.717) is 0 Å². The van der Waals surface area contributed by atoms with Crippen LogP contribution in [0.2, 0.25) is 0 Å². The number of morpholine rings is 1. The lowest BCUT2D eigenvalue weighted by molar-refractivity contribution is -0.0475. The van der Waals surface area contributed by atoms with Crippen LogP contribution in [0.1, 0.15) is 45.5 Å². The number of likely N-dealkylation sites (N-methyl/N-ethyl adjacent to an activating group) is 1. The van der Waals surface area contributed by atoms with E-state index in [-0.39, 0.29) is 12.1 Å². The second-order valence-corrected chi connectivity index (χ2v) is 5.71. The Morgan fingerprint density at radius 3 is 2.95 bits per heavy atom. The Bertz CT molecular complexity index is 407. The van der Waals surface area contributed by atoms with Crippen molar-refractivity contribution in [2.24, 2.45) is 0 Å². The van der Waals surface area contributed by atoms with Crippen LogP contribution >= 0.6 is 0 Å². The van der Waals surface area contributed by atoms with Gasteiger partial charge in [-0.3, -0.25) is 4.90 Å². The summed E-state index contributed by atoms with van der Waals surface area (Å²) in [6.45, 7) is 12.6. The van der Waals surface area contributed by atoms with Crippen LogP contribution in [0.4, 0.5) is 0 Å². The van der Waals surface area contributed by atoms with E-state index in [1.165, 1.54) is 0 Å². The van der Waals surface area contributed by atoms with Crippen molar-refractivity contribution >= 4 is 0 Å². The smallest absolute Gasteiger partial charge is 0.128 e. The van der Waals surface area contributed by atoms with Crippen LogP contribution in [0.5, 0.6) is 0 Å². The van der Waals surface area contributed by atoms with Gasteiger partial charge in [-0.1, -0.05) is 20.8 Å². The first-order valence-corrected chi connectivity index (χ1v) is 8.38. The van der Waals surface area contributed by atoms with Gasteiger partial charge in [0.05, 0.1) is 18.8 Å². The maximum Gasteiger partial charge on any atom is 0.128 e. The molecule has 2 unspecified atom stereocenters. The molecule has 1 N–H and O–H groups in total. The van der Waals surface area contributed by atoms with Gasteiger partial charge in [-0.15, -0.1) is 0 Å². The summed E-state index contributed by atoms with van der Waals surface area (Å²) in [4.78, 5) is 7.08. The van der Waals surface area contributed by atoms with Gasteiger partial charge in [0.1, 0.15) is 5.82 Å². The van der Waals surface area contributed by atoms with Crippen molar-refractivity contribution in [1.29, 1.82) is 0 Å². The molecule has 0 aromatic carbocycles. The molecule has 5 nitrogen and oxygen atoms in total. The summed E-state index contributed by atoms with van der Waals surface area (Å²) < 4.78 is 8.33. The van der Waals surface area contributed by atoms with Crippen LogP contribution in [0, 0.1) is 0 Å². The lowest BCUT2D eigenvalue weighted by Gasteiger charge is -2.36. The minimum Gasteiger partial charge on any atom is -0.373 e. The highest BCUT2D eigenvalue weighted by Gasteiger charge is 2.31. The molecule has 1 saturated heterocycles. The molecule has 1 aliphatic rings.